The lowest BCUT2D eigenvalue weighted by atomic mass is 10.1. The van der Waals surface area contributed by atoms with Gasteiger partial charge in [-0.05, 0) is 25.3 Å². The standard InChI is InChI=1S/C12H20N2O2/c1-2-13-7-11-9-16-12(14-11)15-8-10-5-3-4-6-10/h9-10,13H,2-8H2,1H3. The first-order valence-electron chi connectivity index (χ1n) is 6.16. The maximum absolute atomic E-state index is 5.54. The fraction of sp³-hybridized carbons (Fsp3) is 0.750. The normalized spacial score (nSPS) is 16.8. The fourth-order valence-corrected chi connectivity index (χ4v) is 2.06. The van der Waals surface area contributed by atoms with Crippen LogP contribution in [-0.2, 0) is 6.54 Å². The molecule has 1 heterocycles. The van der Waals surface area contributed by atoms with Gasteiger partial charge in [-0.15, -0.1) is 0 Å². The first-order chi connectivity index (χ1) is 7.88. The Hall–Kier alpha value is -1.03. The molecule has 0 amide bonds. The van der Waals surface area contributed by atoms with Gasteiger partial charge in [0, 0.05) is 6.54 Å². The monoisotopic (exact) mass is 224 g/mol. The summed E-state index contributed by atoms with van der Waals surface area (Å²) in [5.74, 6) is 0.698. The van der Waals surface area contributed by atoms with Crippen LogP contribution >= 0.6 is 0 Å². The van der Waals surface area contributed by atoms with Crippen molar-refractivity contribution in [2.45, 2.75) is 39.2 Å². The molecule has 1 aromatic heterocycles. The highest BCUT2D eigenvalue weighted by molar-refractivity contribution is 4.99. The van der Waals surface area contributed by atoms with E-state index in [0.29, 0.717) is 12.0 Å². The minimum atomic E-state index is 0.416. The molecule has 2 rings (SSSR count). The molecule has 90 valence electrons. The second-order valence-electron chi connectivity index (χ2n) is 4.35. The molecule has 1 fully saturated rings. The topological polar surface area (TPSA) is 47.3 Å². The Kier molecular flexibility index (Phi) is 4.22. The van der Waals surface area contributed by atoms with Crippen molar-refractivity contribution in [2.75, 3.05) is 13.2 Å². The Labute approximate surface area is 96.4 Å². The average Bonchev–Trinajstić information content (AvgIpc) is 2.95. The summed E-state index contributed by atoms with van der Waals surface area (Å²) >= 11 is 0. The molecule has 4 nitrogen and oxygen atoms in total. The Morgan fingerprint density at radius 3 is 3.06 bits per heavy atom. The van der Waals surface area contributed by atoms with Crippen LogP contribution in [0.3, 0.4) is 0 Å². The number of nitrogens with one attached hydrogen (secondary N) is 1. The summed E-state index contributed by atoms with van der Waals surface area (Å²) in [6.07, 6.45) is 7.32. The Morgan fingerprint density at radius 2 is 2.31 bits per heavy atom. The summed E-state index contributed by atoms with van der Waals surface area (Å²) in [7, 11) is 0. The zero-order chi connectivity index (χ0) is 11.2. The van der Waals surface area contributed by atoms with Crippen molar-refractivity contribution in [3.05, 3.63) is 12.0 Å². The third kappa shape index (κ3) is 3.23. The van der Waals surface area contributed by atoms with Crippen molar-refractivity contribution in [3.63, 3.8) is 0 Å². The van der Waals surface area contributed by atoms with Crippen molar-refractivity contribution in [1.29, 1.82) is 0 Å². The summed E-state index contributed by atoms with van der Waals surface area (Å²) in [6.45, 7) is 4.50. The SMILES string of the molecule is CCNCc1coc(OCC2CCCC2)n1. The molecule has 4 heteroatoms. The maximum atomic E-state index is 5.54. The number of hydrogen-bond donors (Lipinski definition) is 1. The largest absolute Gasteiger partial charge is 0.450 e. The number of hydrogen-bond acceptors (Lipinski definition) is 4. The Bertz CT molecular complexity index is 306. The molecule has 1 saturated carbocycles. The highest BCUT2D eigenvalue weighted by Crippen LogP contribution is 2.25. The van der Waals surface area contributed by atoms with Gasteiger partial charge in [-0.1, -0.05) is 19.8 Å². The van der Waals surface area contributed by atoms with Gasteiger partial charge in [0.05, 0.1) is 12.3 Å². The predicted octanol–water partition coefficient (Wildman–Crippen LogP) is 2.35. The summed E-state index contributed by atoms with van der Waals surface area (Å²) < 4.78 is 10.8. The number of ether oxygens (including phenoxy) is 1. The van der Waals surface area contributed by atoms with Crippen LogP contribution in [0.15, 0.2) is 10.7 Å². The van der Waals surface area contributed by atoms with Crippen molar-refractivity contribution in [1.82, 2.24) is 10.3 Å². The second kappa shape index (κ2) is 5.89. The van der Waals surface area contributed by atoms with Crippen molar-refractivity contribution in [3.8, 4) is 6.08 Å². The van der Waals surface area contributed by atoms with Crippen LogP contribution in [0.2, 0.25) is 0 Å². The summed E-state index contributed by atoms with van der Waals surface area (Å²) in [5, 5.41) is 3.20. The quantitative estimate of drug-likeness (QED) is 0.805. The molecular weight excluding hydrogens is 204 g/mol. The molecule has 16 heavy (non-hydrogen) atoms. The van der Waals surface area contributed by atoms with Crippen LogP contribution in [0, 0.1) is 5.92 Å². The van der Waals surface area contributed by atoms with E-state index in [2.05, 4.69) is 17.2 Å². The van der Waals surface area contributed by atoms with Gasteiger partial charge in [-0.25, -0.2) is 0 Å². The van der Waals surface area contributed by atoms with Gasteiger partial charge in [0.25, 0.3) is 0 Å². The van der Waals surface area contributed by atoms with Gasteiger partial charge in [0.2, 0.25) is 0 Å². The van der Waals surface area contributed by atoms with Crippen LogP contribution in [-0.4, -0.2) is 18.1 Å². The summed E-state index contributed by atoms with van der Waals surface area (Å²) in [4.78, 5) is 4.26. The van der Waals surface area contributed by atoms with E-state index >= 15 is 0 Å². The van der Waals surface area contributed by atoms with E-state index in [1.165, 1.54) is 25.7 Å². The minimum Gasteiger partial charge on any atom is -0.450 e. The molecule has 0 unspecified atom stereocenters. The molecule has 0 atom stereocenters. The highest BCUT2D eigenvalue weighted by Gasteiger charge is 2.16. The molecule has 0 radical (unpaired) electrons. The smallest absolute Gasteiger partial charge is 0.393 e. The summed E-state index contributed by atoms with van der Waals surface area (Å²) in [5.41, 5.74) is 0.906. The van der Waals surface area contributed by atoms with E-state index in [1.807, 2.05) is 0 Å². The number of oxazole rings is 1. The molecule has 0 spiro atoms. The minimum absolute atomic E-state index is 0.416. The molecular formula is C12H20N2O2. The van der Waals surface area contributed by atoms with Gasteiger partial charge < -0.3 is 14.5 Å². The van der Waals surface area contributed by atoms with Crippen LogP contribution in [0.1, 0.15) is 38.3 Å². The van der Waals surface area contributed by atoms with E-state index in [0.717, 1.165) is 25.4 Å². The molecule has 0 aliphatic heterocycles. The van der Waals surface area contributed by atoms with Crippen LogP contribution < -0.4 is 10.1 Å². The Morgan fingerprint density at radius 1 is 1.50 bits per heavy atom. The van der Waals surface area contributed by atoms with E-state index in [1.54, 1.807) is 6.26 Å². The van der Waals surface area contributed by atoms with Gasteiger partial charge in [0.15, 0.2) is 0 Å². The number of aromatic nitrogens is 1. The third-order valence-electron chi connectivity index (χ3n) is 3.00. The lowest BCUT2D eigenvalue weighted by Crippen LogP contribution is -2.12. The van der Waals surface area contributed by atoms with Crippen molar-refractivity contribution >= 4 is 0 Å². The van der Waals surface area contributed by atoms with E-state index < -0.39 is 0 Å². The molecule has 0 saturated heterocycles. The van der Waals surface area contributed by atoms with Crippen LogP contribution in [0.5, 0.6) is 6.08 Å². The van der Waals surface area contributed by atoms with Crippen LogP contribution in [0.25, 0.3) is 0 Å². The van der Waals surface area contributed by atoms with Gasteiger partial charge in [-0.2, -0.15) is 4.98 Å². The third-order valence-corrected chi connectivity index (χ3v) is 3.00. The molecule has 1 aliphatic carbocycles. The summed E-state index contributed by atoms with van der Waals surface area (Å²) in [6, 6.07) is 0. The average molecular weight is 224 g/mol. The molecule has 1 aliphatic rings. The number of nitrogens with zero attached hydrogens (tertiary/aromatic N) is 1. The highest BCUT2D eigenvalue weighted by atomic mass is 16.6. The first-order valence-corrected chi connectivity index (χ1v) is 6.16. The molecule has 1 aromatic rings. The molecule has 0 bridgehead atoms. The van der Waals surface area contributed by atoms with Gasteiger partial charge in [0.1, 0.15) is 6.26 Å². The Balaban J connectivity index is 1.73. The predicted molar refractivity (Wildman–Crippen MR) is 61.3 cm³/mol. The van der Waals surface area contributed by atoms with Gasteiger partial charge >= 0.3 is 6.08 Å². The van der Waals surface area contributed by atoms with E-state index in [4.69, 9.17) is 9.15 Å². The maximum Gasteiger partial charge on any atom is 0.393 e. The van der Waals surface area contributed by atoms with Crippen molar-refractivity contribution in [2.24, 2.45) is 5.92 Å². The van der Waals surface area contributed by atoms with Gasteiger partial charge in [-0.3, -0.25) is 0 Å². The number of rotatable bonds is 6. The second-order valence-corrected chi connectivity index (χ2v) is 4.35. The van der Waals surface area contributed by atoms with E-state index in [-0.39, 0.29) is 0 Å². The first kappa shape index (κ1) is 11.5. The zero-order valence-electron chi connectivity index (χ0n) is 9.87. The molecule has 1 N–H and O–H groups in total. The lowest BCUT2D eigenvalue weighted by Gasteiger charge is -2.07. The van der Waals surface area contributed by atoms with E-state index in [9.17, 15) is 0 Å². The lowest BCUT2D eigenvalue weighted by molar-refractivity contribution is 0.190. The fourth-order valence-electron chi connectivity index (χ4n) is 2.06. The molecule has 0 aromatic carbocycles. The van der Waals surface area contributed by atoms with Crippen LogP contribution in [0.4, 0.5) is 0 Å². The zero-order valence-corrected chi connectivity index (χ0v) is 9.87. The van der Waals surface area contributed by atoms with Crippen molar-refractivity contribution < 1.29 is 9.15 Å².